The van der Waals surface area contributed by atoms with Crippen LogP contribution in [0.25, 0.3) is 5.69 Å². The number of carbonyl (C=O) groups is 2. The number of amides is 2. The number of nitrogens with zero attached hydrogens (tertiary/aromatic N) is 2. The highest BCUT2D eigenvalue weighted by atomic mass is 16.5. The number of ether oxygens (including phenoxy) is 1. The molecule has 0 saturated carbocycles. The molecule has 0 saturated heterocycles. The van der Waals surface area contributed by atoms with E-state index in [4.69, 9.17) is 4.74 Å². The van der Waals surface area contributed by atoms with Crippen molar-refractivity contribution in [2.75, 3.05) is 18.5 Å². The van der Waals surface area contributed by atoms with Crippen molar-refractivity contribution in [2.45, 2.75) is 13.8 Å². The number of benzene rings is 2. The van der Waals surface area contributed by atoms with Gasteiger partial charge in [-0.15, -0.1) is 0 Å². The van der Waals surface area contributed by atoms with E-state index >= 15 is 0 Å². The second-order valence-corrected chi connectivity index (χ2v) is 6.60. The Bertz CT molecular complexity index is 1120. The minimum Gasteiger partial charge on any atom is -0.493 e. The Morgan fingerprint density at radius 1 is 1.03 bits per heavy atom. The third-order valence-electron chi connectivity index (χ3n) is 4.66. The molecule has 1 heterocycles. The molecule has 156 valence electrons. The first-order chi connectivity index (χ1) is 14.4. The predicted octanol–water partition coefficient (Wildman–Crippen LogP) is 2.25. The number of rotatable bonds is 7. The SMILES string of the molecule is CCOc1ccccc1C(=O)NCC(=O)Nc1c(C)n(C)n(-c2ccccc2)c1=O. The molecule has 0 atom stereocenters. The monoisotopic (exact) mass is 408 g/mol. The lowest BCUT2D eigenvalue weighted by Crippen LogP contribution is -2.34. The topological polar surface area (TPSA) is 94.4 Å². The highest BCUT2D eigenvalue weighted by molar-refractivity contribution is 6.01. The van der Waals surface area contributed by atoms with Crippen LogP contribution in [-0.4, -0.2) is 34.3 Å². The number of carbonyl (C=O) groups excluding carboxylic acids is 2. The zero-order valence-electron chi connectivity index (χ0n) is 17.1. The van der Waals surface area contributed by atoms with Gasteiger partial charge in [-0.1, -0.05) is 30.3 Å². The van der Waals surface area contributed by atoms with Gasteiger partial charge in [0.1, 0.15) is 11.4 Å². The maximum atomic E-state index is 12.8. The van der Waals surface area contributed by atoms with Gasteiger partial charge in [-0.25, -0.2) is 4.68 Å². The largest absolute Gasteiger partial charge is 0.493 e. The summed E-state index contributed by atoms with van der Waals surface area (Å²) in [6.07, 6.45) is 0. The van der Waals surface area contributed by atoms with E-state index in [1.807, 2.05) is 37.3 Å². The molecule has 2 N–H and O–H groups in total. The van der Waals surface area contributed by atoms with Gasteiger partial charge in [-0.05, 0) is 38.1 Å². The van der Waals surface area contributed by atoms with Crippen LogP contribution in [0.5, 0.6) is 5.75 Å². The summed E-state index contributed by atoms with van der Waals surface area (Å²) in [6.45, 7) is 3.71. The van der Waals surface area contributed by atoms with Gasteiger partial charge in [0.25, 0.3) is 11.5 Å². The van der Waals surface area contributed by atoms with Crippen molar-refractivity contribution in [3.05, 3.63) is 76.2 Å². The molecule has 3 aromatic rings. The van der Waals surface area contributed by atoms with Crippen molar-refractivity contribution >= 4 is 17.5 Å². The average molecular weight is 408 g/mol. The highest BCUT2D eigenvalue weighted by Gasteiger charge is 2.19. The van der Waals surface area contributed by atoms with Crippen molar-refractivity contribution in [3.8, 4) is 11.4 Å². The van der Waals surface area contributed by atoms with Crippen LogP contribution in [0.2, 0.25) is 0 Å². The molecule has 0 aliphatic rings. The highest BCUT2D eigenvalue weighted by Crippen LogP contribution is 2.17. The van der Waals surface area contributed by atoms with E-state index in [9.17, 15) is 14.4 Å². The molecule has 8 nitrogen and oxygen atoms in total. The smallest absolute Gasteiger partial charge is 0.295 e. The Morgan fingerprint density at radius 3 is 2.40 bits per heavy atom. The van der Waals surface area contributed by atoms with Crippen LogP contribution in [0, 0.1) is 6.92 Å². The number of anilines is 1. The van der Waals surface area contributed by atoms with E-state index in [2.05, 4.69) is 10.6 Å². The van der Waals surface area contributed by atoms with Crippen LogP contribution in [-0.2, 0) is 11.8 Å². The molecular formula is C22H24N4O4. The molecule has 30 heavy (non-hydrogen) atoms. The summed E-state index contributed by atoms with van der Waals surface area (Å²) in [6, 6.07) is 15.9. The van der Waals surface area contributed by atoms with Crippen LogP contribution < -0.4 is 20.9 Å². The summed E-state index contributed by atoms with van der Waals surface area (Å²) in [5.74, 6) is -0.480. The van der Waals surface area contributed by atoms with Gasteiger partial charge >= 0.3 is 0 Å². The van der Waals surface area contributed by atoms with E-state index in [1.54, 1.807) is 42.9 Å². The van der Waals surface area contributed by atoms with Gasteiger partial charge < -0.3 is 15.4 Å². The summed E-state index contributed by atoms with van der Waals surface area (Å²) in [5, 5.41) is 5.18. The van der Waals surface area contributed by atoms with E-state index in [0.29, 0.717) is 29.3 Å². The first-order valence-corrected chi connectivity index (χ1v) is 9.58. The molecule has 0 bridgehead atoms. The van der Waals surface area contributed by atoms with Crippen molar-refractivity contribution in [2.24, 2.45) is 7.05 Å². The van der Waals surface area contributed by atoms with Gasteiger partial charge in [0.05, 0.1) is 30.1 Å². The minimum absolute atomic E-state index is 0.176. The van der Waals surface area contributed by atoms with Crippen molar-refractivity contribution in [1.82, 2.24) is 14.7 Å². The molecule has 8 heteroatoms. The van der Waals surface area contributed by atoms with E-state index < -0.39 is 11.8 Å². The molecular weight excluding hydrogens is 384 g/mol. The molecule has 0 spiro atoms. The molecule has 0 aliphatic heterocycles. The van der Waals surface area contributed by atoms with Crippen molar-refractivity contribution < 1.29 is 14.3 Å². The lowest BCUT2D eigenvalue weighted by atomic mass is 10.2. The summed E-state index contributed by atoms with van der Waals surface area (Å²) >= 11 is 0. The second-order valence-electron chi connectivity index (χ2n) is 6.60. The Labute approximate surface area is 174 Å². The number of nitrogens with one attached hydrogen (secondary N) is 2. The molecule has 0 aliphatic carbocycles. The fourth-order valence-corrected chi connectivity index (χ4v) is 3.09. The summed E-state index contributed by atoms with van der Waals surface area (Å²) < 4.78 is 8.59. The molecule has 2 amide bonds. The Kier molecular flexibility index (Phi) is 6.36. The van der Waals surface area contributed by atoms with Gasteiger partial charge in [-0.3, -0.25) is 19.1 Å². The molecule has 3 rings (SSSR count). The quantitative estimate of drug-likeness (QED) is 0.627. The Balaban J connectivity index is 1.72. The van der Waals surface area contributed by atoms with Crippen LogP contribution in [0.4, 0.5) is 5.69 Å². The molecule has 1 aromatic heterocycles. The van der Waals surface area contributed by atoms with Crippen molar-refractivity contribution in [3.63, 3.8) is 0 Å². The fourth-order valence-electron chi connectivity index (χ4n) is 3.09. The maximum absolute atomic E-state index is 12.8. The van der Waals surface area contributed by atoms with Crippen LogP contribution in [0.15, 0.2) is 59.4 Å². The van der Waals surface area contributed by atoms with Gasteiger partial charge in [0.2, 0.25) is 5.91 Å². The fraction of sp³-hybridized carbons (Fsp3) is 0.227. The summed E-state index contributed by atoms with van der Waals surface area (Å²) in [7, 11) is 1.74. The van der Waals surface area contributed by atoms with Gasteiger partial charge in [0.15, 0.2) is 0 Å². The third-order valence-corrected chi connectivity index (χ3v) is 4.66. The van der Waals surface area contributed by atoms with Crippen LogP contribution in [0.1, 0.15) is 23.0 Å². The molecule has 0 unspecified atom stereocenters. The lowest BCUT2D eigenvalue weighted by molar-refractivity contribution is -0.115. The van der Waals surface area contributed by atoms with Crippen LogP contribution in [0.3, 0.4) is 0 Å². The number of para-hydroxylation sites is 2. The number of hydrogen-bond donors (Lipinski definition) is 2. The lowest BCUT2D eigenvalue weighted by Gasteiger charge is -2.10. The Hall–Kier alpha value is -3.81. The molecule has 0 radical (unpaired) electrons. The zero-order chi connectivity index (χ0) is 21.7. The zero-order valence-corrected chi connectivity index (χ0v) is 17.1. The van der Waals surface area contributed by atoms with E-state index in [1.165, 1.54) is 4.68 Å². The molecule has 2 aromatic carbocycles. The first-order valence-electron chi connectivity index (χ1n) is 9.58. The summed E-state index contributed by atoms with van der Waals surface area (Å²) in [4.78, 5) is 37.7. The first kappa shape index (κ1) is 20.9. The second kappa shape index (κ2) is 9.13. The standard InChI is InChI=1S/C22H24N4O4/c1-4-30-18-13-9-8-12-17(18)21(28)23-14-19(27)24-20-15(2)25(3)26(22(20)29)16-10-6-5-7-11-16/h5-13H,4,14H2,1-3H3,(H,23,28)(H,24,27). The normalized spacial score (nSPS) is 10.5. The maximum Gasteiger partial charge on any atom is 0.295 e. The molecule has 0 fully saturated rings. The Morgan fingerprint density at radius 2 is 1.70 bits per heavy atom. The van der Waals surface area contributed by atoms with Crippen molar-refractivity contribution in [1.29, 1.82) is 0 Å². The average Bonchev–Trinajstić information content (AvgIpc) is 2.96. The van der Waals surface area contributed by atoms with Gasteiger partial charge in [-0.2, -0.15) is 0 Å². The van der Waals surface area contributed by atoms with Gasteiger partial charge in [0, 0.05) is 7.05 Å². The third kappa shape index (κ3) is 4.27. The summed E-state index contributed by atoms with van der Waals surface area (Å²) in [5.41, 5.74) is 1.46. The number of hydrogen-bond acceptors (Lipinski definition) is 4. The van der Waals surface area contributed by atoms with E-state index in [-0.39, 0.29) is 17.8 Å². The predicted molar refractivity (Wildman–Crippen MR) is 114 cm³/mol. The van der Waals surface area contributed by atoms with Crippen LogP contribution >= 0.6 is 0 Å². The minimum atomic E-state index is -0.497. The number of aromatic nitrogens is 2. The van der Waals surface area contributed by atoms with E-state index in [0.717, 1.165) is 0 Å².